The summed E-state index contributed by atoms with van der Waals surface area (Å²) < 4.78 is 49.4. The van der Waals surface area contributed by atoms with Gasteiger partial charge in [-0.15, -0.1) is 0 Å². The molecule has 198 valence electrons. The van der Waals surface area contributed by atoms with E-state index in [2.05, 4.69) is 19.6 Å². The third-order valence-electron chi connectivity index (χ3n) is 5.84. The van der Waals surface area contributed by atoms with Gasteiger partial charge in [-0.25, -0.2) is 13.2 Å². The predicted octanol–water partition coefficient (Wildman–Crippen LogP) is 4.06. The predicted molar refractivity (Wildman–Crippen MR) is 134 cm³/mol. The lowest BCUT2D eigenvalue weighted by molar-refractivity contribution is -0.122. The Morgan fingerprint density at radius 3 is 2.30 bits per heavy atom. The number of nitrogens with one attached hydrogen (secondary N) is 1. The van der Waals surface area contributed by atoms with Crippen LogP contribution in [0.25, 0.3) is 0 Å². The van der Waals surface area contributed by atoms with Crippen LogP contribution in [-0.4, -0.2) is 49.9 Å². The lowest BCUT2D eigenvalue weighted by atomic mass is 9.95. The number of rotatable bonds is 11. The van der Waals surface area contributed by atoms with Crippen LogP contribution in [0.15, 0.2) is 57.8 Å². The number of likely N-dealkylation sites (N-methyl/N-ethyl adjacent to an activating group) is 1. The standard InChI is InChI=1S/C26H29F3N2O5Si/c1-31(26(34)22-13-24(33)30-36-22)25(17-7-5-16(6-8-17)14-35-15-23(28)29)21(32)11-18-9-10-19(12-20(18)27)37(2,3)4/h5-10,12-13,23,25H,11,14-15H2,1-4H3,(H,30,33). The molecule has 0 radical (unpaired) electrons. The number of benzene rings is 2. The highest BCUT2D eigenvalue weighted by molar-refractivity contribution is 6.88. The maximum absolute atomic E-state index is 14.9. The summed E-state index contributed by atoms with van der Waals surface area (Å²) in [5.41, 5.74) is 0.588. The number of amides is 1. The van der Waals surface area contributed by atoms with Gasteiger partial charge in [0.25, 0.3) is 17.9 Å². The average Bonchev–Trinajstić information content (AvgIpc) is 3.26. The molecule has 2 aromatic carbocycles. The molecule has 1 atom stereocenters. The van der Waals surface area contributed by atoms with E-state index >= 15 is 0 Å². The van der Waals surface area contributed by atoms with Crippen molar-refractivity contribution < 1.29 is 32.0 Å². The third-order valence-corrected chi connectivity index (χ3v) is 7.88. The minimum absolute atomic E-state index is 0.0544. The van der Waals surface area contributed by atoms with Gasteiger partial charge in [0.15, 0.2) is 5.78 Å². The fourth-order valence-electron chi connectivity index (χ4n) is 3.81. The Bertz CT molecular complexity index is 1300. The number of aromatic nitrogens is 1. The molecule has 3 aromatic rings. The van der Waals surface area contributed by atoms with Crippen LogP contribution < -0.4 is 10.7 Å². The fraction of sp³-hybridized carbons (Fsp3) is 0.346. The maximum atomic E-state index is 14.9. The second-order valence-corrected chi connectivity index (χ2v) is 14.8. The molecule has 1 unspecified atom stereocenters. The largest absolute Gasteiger partial charge is 0.373 e. The molecule has 0 aliphatic heterocycles. The molecule has 1 aromatic heterocycles. The number of carbonyl (C=O) groups is 2. The van der Waals surface area contributed by atoms with E-state index < -0.39 is 50.2 Å². The van der Waals surface area contributed by atoms with Gasteiger partial charge in [0.2, 0.25) is 5.76 Å². The van der Waals surface area contributed by atoms with E-state index in [1.165, 1.54) is 13.1 Å². The normalized spacial score (nSPS) is 12.5. The van der Waals surface area contributed by atoms with E-state index in [-0.39, 0.29) is 24.4 Å². The lowest BCUT2D eigenvalue weighted by Gasteiger charge is -2.27. The number of alkyl halides is 2. The van der Waals surface area contributed by atoms with Crippen molar-refractivity contribution in [3.05, 3.63) is 87.2 Å². The summed E-state index contributed by atoms with van der Waals surface area (Å²) in [4.78, 5) is 39.1. The first-order valence-corrected chi connectivity index (χ1v) is 15.1. The van der Waals surface area contributed by atoms with Gasteiger partial charge in [-0.2, -0.15) is 5.16 Å². The van der Waals surface area contributed by atoms with Gasteiger partial charge >= 0.3 is 0 Å². The van der Waals surface area contributed by atoms with Crippen LogP contribution in [0.1, 0.15) is 33.3 Å². The Kier molecular flexibility index (Phi) is 8.92. The second kappa shape index (κ2) is 11.7. The molecule has 37 heavy (non-hydrogen) atoms. The highest BCUT2D eigenvalue weighted by atomic mass is 28.3. The van der Waals surface area contributed by atoms with Crippen molar-refractivity contribution in [2.45, 2.75) is 45.1 Å². The van der Waals surface area contributed by atoms with Crippen LogP contribution in [0, 0.1) is 5.82 Å². The summed E-state index contributed by atoms with van der Waals surface area (Å²) in [6, 6.07) is 11.0. The monoisotopic (exact) mass is 534 g/mol. The zero-order valence-electron chi connectivity index (χ0n) is 21.0. The zero-order valence-corrected chi connectivity index (χ0v) is 22.0. The third kappa shape index (κ3) is 7.29. The number of halogens is 3. The molecule has 7 nitrogen and oxygen atoms in total. The maximum Gasteiger partial charge on any atom is 0.293 e. The number of Topliss-reactive ketones (excluding diaryl/α,β-unsaturated/α-hetero) is 1. The number of ketones is 1. The summed E-state index contributed by atoms with van der Waals surface area (Å²) in [7, 11) is -0.383. The number of hydrogen-bond donors (Lipinski definition) is 1. The number of nitrogens with zero attached hydrogens (tertiary/aromatic N) is 1. The molecule has 0 spiro atoms. The molecule has 1 N–H and O–H groups in total. The van der Waals surface area contributed by atoms with Gasteiger partial charge < -0.3 is 14.2 Å². The Morgan fingerprint density at radius 2 is 1.76 bits per heavy atom. The summed E-state index contributed by atoms with van der Waals surface area (Å²) in [6.07, 6.45) is -2.87. The van der Waals surface area contributed by atoms with E-state index in [4.69, 9.17) is 9.26 Å². The molecular weight excluding hydrogens is 505 g/mol. The molecular formula is C26H29F3N2O5Si. The molecule has 11 heteroatoms. The van der Waals surface area contributed by atoms with Crippen molar-refractivity contribution in [1.29, 1.82) is 0 Å². The molecule has 0 saturated heterocycles. The highest BCUT2D eigenvalue weighted by Crippen LogP contribution is 2.25. The van der Waals surface area contributed by atoms with E-state index in [0.29, 0.717) is 11.1 Å². The van der Waals surface area contributed by atoms with E-state index in [9.17, 15) is 27.6 Å². The van der Waals surface area contributed by atoms with Gasteiger partial charge in [0.05, 0.1) is 20.7 Å². The lowest BCUT2D eigenvalue weighted by Crippen LogP contribution is -2.38. The number of aromatic amines is 1. The minimum atomic E-state index is -2.59. The Balaban J connectivity index is 1.90. The van der Waals surface area contributed by atoms with Crippen molar-refractivity contribution in [3.8, 4) is 0 Å². The molecule has 1 heterocycles. The fourth-order valence-corrected chi connectivity index (χ4v) is 4.95. The van der Waals surface area contributed by atoms with Crippen molar-refractivity contribution >= 4 is 25.0 Å². The number of carbonyl (C=O) groups excluding carboxylic acids is 2. The smallest absolute Gasteiger partial charge is 0.293 e. The van der Waals surface area contributed by atoms with Crippen molar-refractivity contribution in [2.75, 3.05) is 13.7 Å². The van der Waals surface area contributed by atoms with E-state index in [1.54, 1.807) is 30.3 Å². The van der Waals surface area contributed by atoms with Crippen LogP contribution >= 0.6 is 0 Å². The summed E-state index contributed by atoms with van der Waals surface area (Å²) in [5, 5.41) is 2.95. The quantitative estimate of drug-likeness (QED) is 0.375. The molecule has 3 rings (SSSR count). The van der Waals surface area contributed by atoms with Crippen molar-refractivity contribution in [2.24, 2.45) is 0 Å². The van der Waals surface area contributed by atoms with Crippen LogP contribution in [0.2, 0.25) is 19.6 Å². The Morgan fingerprint density at radius 1 is 1.08 bits per heavy atom. The zero-order chi connectivity index (χ0) is 27.3. The molecule has 0 aliphatic carbocycles. The molecule has 0 aliphatic rings. The van der Waals surface area contributed by atoms with Crippen LogP contribution in [-0.2, 0) is 22.6 Å². The number of H-pyrrole nitrogens is 1. The first kappa shape index (κ1) is 28.1. The van der Waals surface area contributed by atoms with Crippen LogP contribution in [0.3, 0.4) is 0 Å². The van der Waals surface area contributed by atoms with Gasteiger partial charge in [0, 0.05) is 13.5 Å². The highest BCUT2D eigenvalue weighted by Gasteiger charge is 2.31. The van der Waals surface area contributed by atoms with Crippen molar-refractivity contribution in [3.63, 3.8) is 0 Å². The molecule has 0 saturated carbocycles. The SMILES string of the molecule is CN(C(=O)c1cc(=O)[nH]o1)C(C(=O)Cc1ccc([Si](C)(C)C)cc1F)c1ccc(COCC(F)F)cc1. The number of ether oxygens (including phenoxy) is 1. The van der Waals surface area contributed by atoms with Crippen LogP contribution in [0.5, 0.6) is 0 Å². The summed E-state index contributed by atoms with van der Waals surface area (Å²) in [5.74, 6) is -1.97. The average molecular weight is 535 g/mol. The van der Waals surface area contributed by atoms with Crippen LogP contribution in [0.4, 0.5) is 13.2 Å². The summed E-state index contributed by atoms with van der Waals surface area (Å²) in [6.45, 7) is 5.51. The topological polar surface area (TPSA) is 92.6 Å². The van der Waals surface area contributed by atoms with Gasteiger partial charge in [-0.1, -0.05) is 61.2 Å². The summed E-state index contributed by atoms with van der Waals surface area (Å²) >= 11 is 0. The Hall–Kier alpha value is -3.44. The second-order valence-electron chi connectivity index (χ2n) is 9.74. The molecule has 1 amide bonds. The van der Waals surface area contributed by atoms with Crippen molar-refractivity contribution in [1.82, 2.24) is 10.1 Å². The first-order chi connectivity index (χ1) is 17.4. The molecule has 0 fully saturated rings. The van der Waals surface area contributed by atoms with E-state index in [0.717, 1.165) is 16.2 Å². The Labute approximate surface area is 213 Å². The van der Waals surface area contributed by atoms with Gasteiger partial charge in [0.1, 0.15) is 18.5 Å². The number of hydrogen-bond acceptors (Lipinski definition) is 5. The minimum Gasteiger partial charge on any atom is -0.373 e. The van der Waals surface area contributed by atoms with E-state index in [1.807, 2.05) is 11.2 Å². The molecule has 0 bridgehead atoms. The first-order valence-electron chi connectivity index (χ1n) is 11.6. The van der Waals surface area contributed by atoms with Gasteiger partial charge in [-0.05, 0) is 22.8 Å². The van der Waals surface area contributed by atoms with Gasteiger partial charge in [-0.3, -0.25) is 14.4 Å².